The average molecular weight is 416 g/mol. The van der Waals surface area contributed by atoms with Gasteiger partial charge in [-0.05, 0) is 26.0 Å². The molecule has 1 aliphatic heterocycles. The number of nitrogens with one attached hydrogen (secondary N) is 1. The van der Waals surface area contributed by atoms with Crippen LogP contribution in [0.15, 0.2) is 36.5 Å². The lowest BCUT2D eigenvalue weighted by atomic mass is 10.1. The summed E-state index contributed by atoms with van der Waals surface area (Å²) in [6, 6.07) is 10.1. The Morgan fingerprint density at radius 2 is 1.89 bits per heavy atom. The third-order valence-electron chi connectivity index (χ3n) is 4.33. The van der Waals surface area contributed by atoms with Crippen molar-refractivity contribution in [2.45, 2.75) is 19.9 Å². The highest BCUT2D eigenvalue weighted by Gasteiger charge is 2.18. The fraction of sp³-hybridized carbons (Fsp3) is 0.350. The molecule has 1 aliphatic rings. The van der Waals surface area contributed by atoms with Crippen molar-refractivity contribution in [2.75, 3.05) is 36.5 Å². The van der Waals surface area contributed by atoms with E-state index in [1.54, 1.807) is 11.3 Å². The molecule has 0 bridgehead atoms. The molecule has 4 rings (SSSR count). The summed E-state index contributed by atoms with van der Waals surface area (Å²) in [7, 11) is 0. The normalized spacial score (nSPS) is 14.5. The van der Waals surface area contributed by atoms with E-state index in [9.17, 15) is 0 Å². The summed E-state index contributed by atoms with van der Waals surface area (Å²) in [4.78, 5) is 17.3. The minimum absolute atomic E-state index is 0.326. The Bertz CT molecular complexity index is 955. The second-order valence-electron chi connectivity index (χ2n) is 6.85. The van der Waals surface area contributed by atoms with E-state index in [4.69, 9.17) is 26.3 Å². The molecule has 0 radical (unpaired) electrons. The first-order chi connectivity index (χ1) is 13.6. The van der Waals surface area contributed by atoms with Crippen LogP contribution < -0.4 is 10.2 Å². The number of rotatable bonds is 5. The summed E-state index contributed by atoms with van der Waals surface area (Å²) in [5.74, 6) is 0.697. The maximum Gasteiger partial charge on any atom is 0.226 e. The van der Waals surface area contributed by atoms with Crippen LogP contribution in [0.25, 0.3) is 21.8 Å². The zero-order valence-corrected chi connectivity index (χ0v) is 17.4. The topological polar surface area (TPSA) is 63.2 Å². The lowest BCUT2D eigenvalue weighted by molar-refractivity contribution is 0.122. The summed E-state index contributed by atoms with van der Waals surface area (Å²) >= 11 is 8.03. The van der Waals surface area contributed by atoms with Gasteiger partial charge in [-0.2, -0.15) is 0 Å². The molecule has 1 aromatic carbocycles. The Morgan fingerprint density at radius 3 is 2.64 bits per heavy atom. The Labute approximate surface area is 173 Å². The minimum atomic E-state index is 0.326. The monoisotopic (exact) mass is 415 g/mol. The first kappa shape index (κ1) is 19.1. The van der Waals surface area contributed by atoms with Gasteiger partial charge in [0.1, 0.15) is 0 Å². The van der Waals surface area contributed by atoms with Crippen LogP contribution in [0.3, 0.4) is 0 Å². The van der Waals surface area contributed by atoms with Crippen molar-refractivity contribution in [2.24, 2.45) is 0 Å². The van der Waals surface area contributed by atoms with Gasteiger partial charge in [0.25, 0.3) is 0 Å². The lowest BCUT2D eigenvalue weighted by Gasteiger charge is -2.27. The fourth-order valence-corrected chi connectivity index (χ4v) is 4.13. The second kappa shape index (κ2) is 8.43. The molecular formula is C20H22ClN5OS. The Balaban J connectivity index is 1.77. The van der Waals surface area contributed by atoms with Crippen molar-refractivity contribution in [1.29, 1.82) is 0 Å². The van der Waals surface area contributed by atoms with Crippen molar-refractivity contribution in [1.82, 2.24) is 15.0 Å². The number of thiazole rings is 1. The molecule has 1 fully saturated rings. The van der Waals surface area contributed by atoms with Gasteiger partial charge in [-0.3, -0.25) is 0 Å². The van der Waals surface area contributed by atoms with Crippen molar-refractivity contribution in [3.63, 3.8) is 0 Å². The highest BCUT2D eigenvalue weighted by Crippen LogP contribution is 2.34. The van der Waals surface area contributed by atoms with Gasteiger partial charge in [0.2, 0.25) is 5.95 Å². The molecule has 1 N–H and O–H groups in total. The van der Waals surface area contributed by atoms with Crippen LogP contribution in [0, 0.1) is 0 Å². The van der Waals surface area contributed by atoms with Crippen LogP contribution in [-0.2, 0) is 4.74 Å². The van der Waals surface area contributed by atoms with Crippen LogP contribution in [0.1, 0.15) is 13.8 Å². The molecule has 8 heteroatoms. The van der Waals surface area contributed by atoms with Crippen molar-refractivity contribution >= 4 is 34.0 Å². The van der Waals surface area contributed by atoms with Gasteiger partial charge < -0.3 is 15.0 Å². The van der Waals surface area contributed by atoms with E-state index < -0.39 is 0 Å². The van der Waals surface area contributed by atoms with Gasteiger partial charge in [0.05, 0.1) is 29.5 Å². The van der Waals surface area contributed by atoms with E-state index in [0.29, 0.717) is 30.2 Å². The third-order valence-corrected chi connectivity index (χ3v) is 5.61. The average Bonchev–Trinajstić information content (AvgIpc) is 3.16. The van der Waals surface area contributed by atoms with E-state index in [2.05, 4.69) is 29.0 Å². The Kier molecular flexibility index (Phi) is 5.75. The molecule has 0 spiro atoms. The number of anilines is 2. The number of ether oxygens (including phenoxy) is 1. The number of nitrogens with zero attached hydrogens (tertiary/aromatic N) is 4. The number of halogens is 1. The summed E-state index contributed by atoms with van der Waals surface area (Å²) < 4.78 is 5.48. The molecule has 0 unspecified atom stereocenters. The smallest absolute Gasteiger partial charge is 0.226 e. The zero-order valence-electron chi connectivity index (χ0n) is 15.9. The number of morpholine rings is 1. The Hall–Kier alpha value is -2.22. The SMILES string of the molecule is CC(C)Nc1ncc(-c2cc(-c3ccccc3Cl)nc(N3CCOCC3)n2)s1. The summed E-state index contributed by atoms with van der Waals surface area (Å²) in [6.07, 6.45) is 1.86. The first-order valence-corrected chi connectivity index (χ1v) is 10.5. The molecule has 0 atom stereocenters. The summed E-state index contributed by atoms with van der Waals surface area (Å²) in [5, 5.41) is 4.90. The van der Waals surface area contributed by atoms with Crippen LogP contribution in [0.5, 0.6) is 0 Å². The van der Waals surface area contributed by atoms with Gasteiger partial charge in [-0.25, -0.2) is 15.0 Å². The Morgan fingerprint density at radius 1 is 1.14 bits per heavy atom. The van der Waals surface area contributed by atoms with Crippen molar-refractivity contribution in [3.8, 4) is 21.8 Å². The van der Waals surface area contributed by atoms with E-state index in [-0.39, 0.29) is 0 Å². The molecule has 28 heavy (non-hydrogen) atoms. The number of hydrogen-bond acceptors (Lipinski definition) is 7. The van der Waals surface area contributed by atoms with Crippen LogP contribution in [0.4, 0.5) is 11.1 Å². The highest BCUT2D eigenvalue weighted by molar-refractivity contribution is 7.18. The van der Waals surface area contributed by atoms with E-state index in [1.165, 1.54) is 0 Å². The molecule has 1 saturated heterocycles. The molecule has 2 aromatic heterocycles. The molecule has 6 nitrogen and oxygen atoms in total. The van der Waals surface area contributed by atoms with Gasteiger partial charge in [-0.1, -0.05) is 41.1 Å². The van der Waals surface area contributed by atoms with Crippen LogP contribution in [0.2, 0.25) is 5.02 Å². The molecular weight excluding hydrogens is 394 g/mol. The zero-order chi connectivity index (χ0) is 19.5. The van der Waals surface area contributed by atoms with Crippen LogP contribution >= 0.6 is 22.9 Å². The second-order valence-corrected chi connectivity index (χ2v) is 8.28. The van der Waals surface area contributed by atoms with Gasteiger partial charge in [0.15, 0.2) is 5.13 Å². The number of benzene rings is 1. The molecule has 146 valence electrons. The van der Waals surface area contributed by atoms with Gasteiger partial charge in [0, 0.05) is 35.9 Å². The largest absolute Gasteiger partial charge is 0.378 e. The molecule has 3 heterocycles. The van der Waals surface area contributed by atoms with Gasteiger partial charge in [-0.15, -0.1) is 0 Å². The standard InChI is InChI=1S/C20H22ClN5OS/c1-13(2)23-20-22-12-18(28-20)17-11-16(14-5-3-4-6-15(14)21)24-19(25-17)26-7-9-27-10-8-26/h3-6,11-13H,7-10H2,1-2H3,(H,22,23). The lowest BCUT2D eigenvalue weighted by Crippen LogP contribution is -2.37. The predicted molar refractivity (Wildman–Crippen MR) is 115 cm³/mol. The molecule has 0 aliphatic carbocycles. The van der Waals surface area contributed by atoms with Crippen molar-refractivity contribution in [3.05, 3.63) is 41.6 Å². The summed E-state index contributed by atoms with van der Waals surface area (Å²) in [5.41, 5.74) is 2.55. The number of hydrogen-bond donors (Lipinski definition) is 1. The van der Waals surface area contributed by atoms with Crippen molar-refractivity contribution < 1.29 is 4.74 Å². The van der Waals surface area contributed by atoms with E-state index >= 15 is 0 Å². The van der Waals surface area contributed by atoms with Crippen LogP contribution in [-0.4, -0.2) is 47.3 Å². The summed E-state index contributed by atoms with van der Waals surface area (Å²) in [6.45, 7) is 7.09. The van der Waals surface area contributed by atoms with E-state index in [0.717, 1.165) is 40.0 Å². The molecule has 0 saturated carbocycles. The first-order valence-electron chi connectivity index (χ1n) is 9.29. The third kappa shape index (κ3) is 4.27. The quantitative estimate of drug-likeness (QED) is 0.658. The predicted octanol–water partition coefficient (Wildman–Crippen LogP) is 4.58. The molecule has 3 aromatic rings. The highest BCUT2D eigenvalue weighted by atomic mass is 35.5. The molecule has 0 amide bonds. The van der Waals surface area contributed by atoms with E-state index in [1.807, 2.05) is 36.5 Å². The maximum atomic E-state index is 6.44. The minimum Gasteiger partial charge on any atom is -0.378 e. The number of aromatic nitrogens is 3. The maximum absolute atomic E-state index is 6.44. The van der Waals surface area contributed by atoms with Gasteiger partial charge >= 0.3 is 0 Å². The fourth-order valence-electron chi connectivity index (χ4n) is 2.98.